The van der Waals surface area contributed by atoms with E-state index in [0.717, 1.165) is 47.6 Å². The van der Waals surface area contributed by atoms with Gasteiger partial charge in [0.15, 0.2) is 0 Å². The first-order chi connectivity index (χ1) is 12.3. The van der Waals surface area contributed by atoms with Gasteiger partial charge in [-0.15, -0.1) is 0 Å². The van der Waals surface area contributed by atoms with E-state index in [1.807, 2.05) is 12.1 Å². The maximum atomic E-state index is 9.10. The molecule has 7 nitrogen and oxygen atoms in total. The number of carbonyl (C=O) groups is 2. The van der Waals surface area contributed by atoms with Crippen LogP contribution in [-0.4, -0.2) is 58.8 Å². The summed E-state index contributed by atoms with van der Waals surface area (Å²) in [5.74, 6) is -2.87. The fraction of sp³-hybridized carbons (Fsp3) is 0.444. The highest BCUT2D eigenvalue weighted by Crippen LogP contribution is 2.35. The van der Waals surface area contributed by atoms with Gasteiger partial charge in [0.05, 0.1) is 11.6 Å². The van der Waals surface area contributed by atoms with Crippen molar-refractivity contribution < 1.29 is 24.5 Å². The molecular formula is C18H25ClN2O5. The van der Waals surface area contributed by atoms with Gasteiger partial charge in [0.2, 0.25) is 0 Å². The fourth-order valence-corrected chi connectivity index (χ4v) is 2.56. The Morgan fingerprint density at radius 2 is 1.88 bits per heavy atom. The Morgan fingerprint density at radius 3 is 2.42 bits per heavy atom. The van der Waals surface area contributed by atoms with Gasteiger partial charge < -0.3 is 24.8 Å². The van der Waals surface area contributed by atoms with E-state index in [1.165, 1.54) is 5.56 Å². The van der Waals surface area contributed by atoms with Crippen molar-refractivity contribution in [1.29, 1.82) is 0 Å². The Bertz CT molecular complexity index is 733. The quantitative estimate of drug-likeness (QED) is 0.633. The smallest absolute Gasteiger partial charge is 0.414 e. The molecule has 0 radical (unpaired) electrons. The summed E-state index contributed by atoms with van der Waals surface area (Å²) in [6, 6.07) is 3.98. The molecule has 0 aliphatic rings. The van der Waals surface area contributed by atoms with E-state index in [-0.39, 0.29) is 0 Å². The molecule has 0 aliphatic heterocycles. The van der Waals surface area contributed by atoms with Crippen LogP contribution in [0.2, 0.25) is 5.02 Å². The fourth-order valence-electron chi connectivity index (χ4n) is 2.22. The lowest BCUT2D eigenvalue weighted by molar-refractivity contribution is -0.159. The Hall–Kier alpha value is -2.25. The van der Waals surface area contributed by atoms with Crippen molar-refractivity contribution >= 4 is 34.4 Å². The first-order valence-electron chi connectivity index (χ1n) is 8.37. The van der Waals surface area contributed by atoms with Crippen LogP contribution >= 0.6 is 11.6 Å². The Labute approximate surface area is 157 Å². The number of H-pyrrole nitrogens is 1. The molecule has 26 heavy (non-hydrogen) atoms. The summed E-state index contributed by atoms with van der Waals surface area (Å²) in [4.78, 5) is 23.8. The van der Waals surface area contributed by atoms with Gasteiger partial charge in [-0.25, -0.2) is 9.59 Å². The first-order valence-corrected chi connectivity index (χ1v) is 8.75. The highest BCUT2D eigenvalue weighted by molar-refractivity contribution is 6.37. The number of aromatic nitrogens is 1. The second-order valence-corrected chi connectivity index (χ2v) is 6.10. The third-order valence-electron chi connectivity index (χ3n) is 3.78. The number of nitrogens with one attached hydrogen (secondary N) is 1. The number of likely N-dealkylation sites (N-methyl/N-ethyl adjacent to an activating group) is 1. The van der Waals surface area contributed by atoms with Gasteiger partial charge in [-0.1, -0.05) is 25.4 Å². The van der Waals surface area contributed by atoms with E-state index in [4.69, 9.17) is 36.1 Å². The molecule has 0 saturated heterocycles. The number of rotatable bonds is 7. The molecule has 2 aromatic rings. The molecule has 0 bridgehead atoms. The lowest BCUT2D eigenvalue weighted by Gasteiger charge is -2.13. The van der Waals surface area contributed by atoms with Crippen LogP contribution < -0.4 is 4.74 Å². The number of halogens is 1. The third-order valence-corrected chi connectivity index (χ3v) is 4.15. The summed E-state index contributed by atoms with van der Waals surface area (Å²) >= 11 is 6.51. The van der Waals surface area contributed by atoms with Crippen molar-refractivity contribution in [2.24, 2.45) is 0 Å². The summed E-state index contributed by atoms with van der Waals surface area (Å²) in [6.07, 6.45) is 4.03. The predicted molar refractivity (Wildman–Crippen MR) is 101 cm³/mol. The van der Waals surface area contributed by atoms with E-state index < -0.39 is 11.9 Å². The van der Waals surface area contributed by atoms with E-state index in [9.17, 15) is 0 Å². The van der Waals surface area contributed by atoms with Crippen LogP contribution in [0.1, 0.15) is 25.8 Å². The van der Waals surface area contributed by atoms with Crippen molar-refractivity contribution in [1.82, 2.24) is 9.88 Å². The maximum absolute atomic E-state index is 9.10. The highest BCUT2D eigenvalue weighted by atomic mass is 35.5. The highest BCUT2D eigenvalue weighted by Gasteiger charge is 2.12. The molecule has 0 saturated carbocycles. The van der Waals surface area contributed by atoms with E-state index >= 15 is 0 Å². The van der Waals surface area contributed by atoms with Crippen LogP contribution in [0.3, 0.4) is 0 Å². The zero-order valence-corrected chi connectivity index (χ0v) is 16.0. The minimum absolute atomic E-state index is 0.698. The number of ether oxygens (including phenoxy) is 1. The molecule has 2 rings (SSSR count). The standard InChI is InChI=1S/C16H23ClN2O.C2H2O4/c1-4-10-20-14-7-6-13-15(16(14)17)12(11-18-13)8-9-19(3)5-2;3-1(4)2(5)6/h6-7,11,18H,4-5,8-10H2,1-3H3;(H,3,4)(H,5,6). The second-order valence-electron chi connectivity index (χ2n) is 5.72. The van der Waals surface area contributed by atoms with Crippen LogP contribution in [0, 0.1) is 0 Å². The largest absolute Gasteiger partial charge is 0.492 e. The zero-order valence-electron chi connectivity index (χ0n) is 15.2. The molecule has 0 fully saturated rings. The number of carboxylic acid groups (broad SMARTS) is 2. The SMILES string of the molecule is CCCOc1ccc2[nH]cc(CCN(C)CC)c2c1Cl.O=C(O)C(=O)O. The normalized spacial score (nSPS) is 10.5. The van der Waals surface area contributed by atoms with E-state index in [0.29, 0.717) is 6.61 Å². The zero-order chi connectivity index (χ0) is 19.7. The summed E-state index contributed by atoms with van der Waals surface area (Å²) in [5.41, 5.74) is 2.33. The molecule has 1 heterocycles. The van der Waals surface area contributed by atoms with Crippen molar-refractivity contribution in [3.8, 4) is 5.75 Å². The number of benzene rings is 1. The van der Waals surface area contributed by atoms with Crippen molar-refractivity contribution in [3.63, 3.8) is 0 Å². The van der Waals surface area contributed by atoms with Crippen molar-refractivity contribution in [2.75, 3.05) is 26.7 Å². The average Bonchev–Trinajstić information content (AvgIpc) is 3.03. The van der Waals surface area contributed by atoms with Gasteiger partial charge in [-0.3, -0.25) is 0 Å². The Kier molecular flexibility index (Phi) is 8.95. The van der Waals surface area contributed by atoms with E-state index in [2.05, 4.69) is 37.0 Å². The van der Waals surface area contributed by atoms with Crippen LogP contribution in [-0.2, 0) is 16.0 Å². The number of aromatic amines is 1. The van der Waals surface area contributed by atoms with Gasteiger partial charge in [-0.2, -0.15) is 0 Å². The minimum Gasteiger partial charge on any atom is -0.492 e. The maximum Gasteiger partial charge on any atom is 0.414 e. The van der Waals surface area contributed by atoms with Crippen LogP contribution in [0.4, 0.5) is 0 Å². The molecule has 3 N–H and O–H groups in total. The molecule has 1 aromatic carbocycles. The predicted octanol–water partition coefficient (Wildman–Crippen LogP) is 3.26. The number of fused-ring (bicyclic) bond motifs is 1. The summed E-state index contributed by atoms with van der Waals surface area (Å²) in [6.45, 7) is 7.04. The molecule has 0 amide bonds. The van der Waals surface area contributed by atoms with Gasteiger partial charge in [-0.05, 0) is 44.1 Å². The first kappa shape index (κ1) is 21.8. The van der Waals surface area contributed by atoms with Gasteiger partial charge >= 0.3 is 11.9 Å². The molecule has 0 spiro atoms. The van der Waals surface area contributed by atoms with Gasteiger partial charge in [0.25, 0.3) is 0 Å². The van der Waals surface area contributed by atoms with Crippen LogP contribution in [0.25, 0.3) is 10.9 Å². The molecule has 1 aromatic heterocycles. The second kappa shape index (κ2) is 10.7. The van der Waals surface area contributed by atoms with Crippen LogP contribution in [0.15, 0.2) is 18.3 Å². The molecule has 0 aliphatic carbocycles. The Balaban J connectivity index is 0.000000487. The van der Waals surface area contributed by atoms with Crippen molar-refractivity contribution in [2.45, 2.75) is 26.7 Å². The van der Waals surface area contributed by atoms with Gasteiger partial charge in [0, 0.05) is 23.6 Å². The number of nitrogens with zero attached hydrogens (tertiary/aromatic N) is 1. The summed E-state index contributed by atoms with van der Waals surface area (Å²) in [7, 11) is 2.13. The molecule has 8 heteroatoms. The van der Waals surface area contributed by atoms with E-state index in [1.54, 1.807) is 0 Å². The summed E-state index contributed by atoms with van der Waals surface area (Å²) in [5, 5.41) is 16.6. The molecule has 144 valence electrons. The monoisotopic (exact) mass is 384 g/mol. The number of hydrogen-bond acceptors (Lipinski definition) is 4. The third kappa shape index (κ3) is 6.24. The molecule has 0 unspecified atom stereocenters. The van der Waals surface area contributed by atoms with Gasteiger partial charge in [0.1, 0.15) is 5.75 Å². The minimum atomic E-state index is -1.82. The number of carboxylic acids is 2. The van der Waals surface area contributed by atoms with Crippen molar-refractivity contribution in [3.05, 3.63) is 28.9 Å². The number of aliphatic carboxylic acids is 2. The lowest BCUT2D eigenvalue weighted by Crippen LogP contribution is -2.20. The number of hydrogen-bond donors (Lipinski definition) is 3. The topological polar surface area (TPSA) is 103 Å². The molecule has 0 atom stereocenters. The lowest BCUT2D eigenvalue weighted by atomic mass is 10.1. The Morgan fingerprint density at radius 1 is 1.23 bits per heavy atom. The summed E-state index contributed by atoms with van der Waals surface area (Å²) < 4.78 is 5.71. The average molecular weight is 385 g/mol. The van der Waals surface area contributed by atoms with Crippen LogP contribution in [0.5, 0.6) is 5.75 Å². The molecular weight excluding hydrogens is 360 g/mol.